The average Bonchev–Trinajstić information content (AvgIpc) is 3.61. The molecule has 11 heteroatoms. The first kappa shape index (κ1) is 27.8. The van der Waals surface area contributed by atoms with Crippen molar-refractivity contribution in [2.24, 2.45) is 11.8 Å². The van der Waals surface area contributed by atoms with Crippen LogP contribution in [0.3, 0.4) is 0 Å². The zero-order valence-electron chi connectivity index (χ0n) is 24.3. The van der Waals surface area contributed by atoms with Gasteiger partial charge in [0.05, 0.1) is 29.3 Å². The van der Waals surface area contributed by atoms with E-state index in [2.05, 4.69) is 46.4 Å². The smallest absolute Gasteiger partial charge is 0.388 e. The number of morpholine rings is 1. The van der Waals surface area contributed by atoms with Crippen LogP contribution in [0.5, 0.6) is 5.88 Å². The Morgan fingerprint density at radius 3 is 2.29 bits per heavy atom. The van der Waals surface area contributed by atoms with Crippen molar-refractivity contribution < 1.29 is 19.1 Å². The number of nitrogens with zero attached hydrogens (tertiary/aromatic N) is 5. The molecular formula is C31H35N7O4. The first-order valence-corrected chi connectivity index (χ1v) is 14.3. The lowest BCUT2D eigenvalue weighted by Gasteiger charge is -2.37. The molecule has 4 heterocycles. The number of carbonyl (C=O) groups is 2. The number of aromatic nitrogens is 4. The van der Waals surface area contributed by atoms with Crippen LogP contribution in [0.25, 0.3) is 11.2 Å². The zero-order valence-corrected chi connectivity index (χ0v) is 24.3. The molecule has 2 aliphatic rings. The molecule has 2 bridgehead atoms. The highest BCUT2D eigenvalue weighted by atomic mass is 16.6. The topological polar surface area (TPSA) is 124 Å². The first-order valence-electron chi connectivity index (χ1n) is 14.3. The van der Waals surface area contributed by atoms with Gasteiger partial charge in [0, 0.05) is 17.9 Å². The number of ether oxygens (including phenoxy) is 2. The summed E-state index contributed by atoms with van der Waals surface area (Å²) >= 11 is 0. The highest BCUT2D eigenvalue weighted by Crippen LogP contribution is 2.51. The van der Waals surface area contributed by atoms with Gasteiger partial charge in [-0.2, -0.15) is 9.97 Å². The van der Waals surface area contributed by atoms with Crippen molar-refractivity contribution in [2.75, 3.05) is 10.2 Å². The van der Waals surface area contributed by atoms with Gasteiger partial charge in [-0.3, -0.25) is 14.7 Å². The summed E-state index contributed by atoms with van der Waals surface area (Å²) in [5.74, 6) is -0.374. The summed E-state index contributed by atoms with van der Waals surface area (Å²) in [4.78, 5) is 41.6. The minimum atomic E-state index is -0.687. The van der Waals surface area contributed by atoms with Crippen LogP contribution >= 0.6 is 0 Å². The number of hydrogen-bond acceptors (Lipinski definition) is 8. The maximum absolute atomic E-state index is 13.8. The van der Waals surface area contributed by atoms with Gasteiger partial charge in [0.15, 0.2) is 17.4 Å². The van der Waals surface area contributed by atoms with Crippen molar-refractivity contribution in [2.45, 2.75) is 65.0 Å². The Hall–Kier alpha value is -4.35. The average molecular weight is 570 g/mol. The van der Waals surface area contributed by atoms with Crippen LogP contribution < -0.4 is 20.3 Å². The third-order valence-electron chi connectivity index (χ3n) is 8.50. The lowest BCUT2D eigenvalue weighted by atomic mass is 9.84. The quantitative estimate of drug-likeness (QED) is 0.302. The highest BCUT2D eigenvalue weighted by Gasteiger charge is 2.61. The molecule has 2 saturated heterocycles. The molecule has 0 saturated carbocycles. The van der Waals surface area contributed by atoms with Crippen LogP contribution in [-0.4, -0.2) is 49.2 Å². The predicted molar refractivity (Wildman–Crippen MR) is 159 cm³/mol. The van der Waals surface area contributed by atoms with Crippen LogP contribution in [0.2, 0.25) is 0 Å². The van der Waals surface area contributed by atoms with Crippen molar-refractivity contribution >= 4 is 40.5 Å². The molecule has 0 unspecified atom stereocenters. The summed E-state index contributed by atoms with van der Waals surface area (Å²) in [7, 11) is 0. The fourth-order valence-electron chi connectivity index (χ4n) is 6.15. The number of amides is 2. The van der Waals surface area contributed by atoms with E-state index in [1.807, 2.05) is 65.2 Å². The predicted octanol–water partition coefficient (Wildman–Crippen LogP) is 5.43. The number of benzene rings is 2. The number of fused-ring (bicyclic) bond motifs is 3. The fourth-order valence-corrected chi connectivity index (χ4v) is 6.15. The molecule has 2 aromatic heterocycles. The SMILES string of the molecule is CC[C@]12O[C@@H](n3cnc4c(OC(=O)N(c5ccccc5)c5ccccc5)nc(NC(=O)C(C)C)nc43)[C@H](N[C@@H]1C)[C@@H]2C. The van der Waals surface area contributed by atoms with E-state index in [0.29, 0.717) is 17.0 Å². The third-order valence-corrected chi connectivity index (χ3v) is 8.50. The Balaban J connectivity index is 1.42. The second-order valence-electron chi connectivity index (χ2n) is 11.2. The van der Waals surface area contributed by atoms with Gasteiger partial charge >= 0.3 is 6.09 Å². The molecule has 11 nitrogen and oxygen atoms in total. The highest BCUT2D eigenvalue weighted by molar-refractivity contribution is 5.98. The number of nitrogens with one attached hydrogen (secondary N) is 2. The van der Waals surface area contributed by atoms with Crippen molar-refractivity contribution in [1.29, 1.82) is 0 Å². The van der Waals surface area contributed by atoms with E-state index in [1.54, 1.807) is 20.2 Å². The normalized spacial score (nSPS) is 24.7. The number of anilines is 3. The second kappa shape index (κ2) is 10.8. The third kappa shape index (κ3) is 4.58. The molecule has 2 amide bonds. The molecule has 0 aliphatic carbocycles. The Labute approximate surface area is 244 Å². The van der Waals surface area contributed by atoms with Crippen LogP contribution in [0.4, 0.5) is 22.1 Å². The summed E-state index contributed by atoms with van der Waals surface area (Å²) in [6, 6.07) is 18.6. The molecule has 0 spiro atoms. The van der Waals surface area contributed by atoms with E-state index in [4.69, 9.17) is 9.47 Å². The molecule has 5 atom stereocenters. The number of para-hydroxylation sites is 2. The molecule has 218 valence electrons. The molecule has 6 rings (SSSR count). The van der Waals surface area contributed by atoms with Gasteiger partial charge in [0.2, 0.25) is 11.9 Å². The number of hydrogen-bond donors (Lipinski definition) is 2. The Morgan fingerprint density at radius 2 is 1.71 bits per heavy atom. The Bertz CT molecular complexity index is 1570. The summed E-state index contributed by atoms with van der Waals surface area (Å²) in [5, 5.41) is 6.43. The van der Waals surface area contributed by atoms with E-state index in [-0.39, 0.29) is 52.8 Å². The summed E-state index contributed by atoms with van der Waals surface area (Å²) < 4.78 is 14.5. The van der Waals surface area contributed by atoms with Crippen molar-refractivity contribution in [1.82, 2.24) is 24.8 Å². The van der Waals surface area contributed by atoms with E-state index in [9.17, 15) is 9.59 Å². The molecule has 2 N–H and O–H groups in total. The van der Waals surface area contributed by atoms with Crippen LogP contribution in [0.1, 0.15) is 47.3 Å². The minimum Gasteiger partial charge on any atom is -0.388 e. The van der Waals surface area contributed by atoms with Crippen molar-refractivity contribution in [3.05, 3.63) is 67.0 Å². The van der Waals surface area contributed by atoms with Crippen LogP contribution in [-0.2, 0) is 9.53 Å². The number of carbonyl (C=O) groups excluding carboxylic acids is 2. The van der Waals surface area contributed by atoms with E-state index in [0.717, 1.165) is 6.42 Å². The van der Waals surface area contributed by atoms with Gasteiger partial charge in [0.25, 0.3) is 5.88 Å². The van der Waals surface area contributed by atoms with Crippen molar-refractivity contribution in [3.8, 4) is 5.88 Å². The molecule has 4 aromatic rings. The monoisotopic (exact) mass is 569 g/mol. The van der Waals surface area contributed by atoms with E-state index in [1.165, 1.54) is 4.90 Å². The number of imidazole rings is 1. The lowest BCUT2D eigenvalue weighted by Crippen LogP contribution is -2.49. The molecule has 2 fully saturated rings. The Kier molecular flexibility index (Phi) is 7.15. The second-order valence-corrected chi connectivity index (χ2v) is 11.2. The van der Waals surface area contributed by atoms with Crippen LogP contribution in [0.15, 0.2) is 67.0 Å². The van der Waals surface area contributed by atoms with Crippen LogP contribution in [0, 0.1) is 11.8 Å². The maximum atomic E-state index is 13.8. The van der Waals surface area contributed by atoms with Crippen molar-refractivity contribution in [3.63, 3.8) is 0 Å². The van der Waals surface area contributed by atoms with Gasteiger partial charge in [-0.15, -0.1) is 0 Å². The van der Waals surface area contributed by atoms with E-state index < -0.39 is 12.3 Å². The number of rotatable bonds is 7. The van der Waals surface area contributed by atoms with E-state index >= 15 is 0 Å². The first-order chi connectivity index (χ1) is 20.2. The lowest BCUT2D eigenvalue weighted by molar-refractivity contribution is -0.119. The summed E-state index contributed by atoms with van der Waals surface area (Å²) in [6.07, 6.45) is 1.40. The van der Waals surface area contributed by atoms with Gasteiger partial charge < -0.3 is 14.8 Å². The molecule has 2 aliphatic heterocycles. The Morgan fingerprint density at radius 1 is 1.07 bits per heavy atom. The molecule has 0 radical (unpaired) electrons. The molecular weight excluding hydrogens is 534 g/mol. The van der Waals surface area contributed by atoms with Gasteiger partial charge in [-0.1, -0.05) is 64.1 Å². The van der Waals surface area contributed by atoms with Gasteiger partial charge in [0.1, 0.15) is 0 Å². The zero-order chi connectivity index (χ0) is 29.6. The molecule has 2 aromatic carbocycles. The molecule has 42 heavy (non-hydrogen) atoms. The summed E-state index contributed by atoms with van der Waals surface area (Å²) in [6.45, 7) is 10.0. The summed E-state index contributed by atoms with van der Waals surface area (Å²) in [5.41, 5.74) is 1.59. The largest absolute Gasteiger partial charge is 0.425 e. The minimum absolute atomic E-state index is 0.0134. The van der Waals surface area contributed by atoms with Gasteiger partial charge in [-0.05, 0) is 37.6 Å². The van der Waals surface area contributed by atoms with Gasteiger partial charge in [-0.25, -0.2) is 14.7 Å². The standard InChI is InChI=1S/C31H35N7O4/c1-6-31-19(4)23(33-20(31)5)28(42-31)37-17-32-24-25(37)34-29(35-26(39)18(2)3)36-27(24)41-30(40)38(21-13-9-7-10-14-21)22-15-11-8-12-16-22/h7-20,23,28,33H,6H2,1-5H3,(H,34,35,36,39)/t19-,20+,23+,28+,31+/m0/s1. The fraction of sp³-hybridized carbons (Fsp3) is 0.387. The maximum Gasteiger partial charge on any atom is 0.425 e.